The van der Waals surface area contributed by atoms with E-state index in [4.69, 9.17) is 18.9 Å². The van der Waals surface area contributed by atoms with Gasteiger partial charge in [0.05, 0.1) is 6.20 Å². The molecule has 176 valence electrons. The van der Waals surface area contributed by atoms with Crippen molar-refractivity contribution >= 4 is 29.7 Å². The van der Waals surface area contributed by atoms with Gasteiger partial charge in [-0.3, -0.25) is 19.4 Å². The van der Waals surface area contributed by atoms with E-state index >= 15 is 0 Å². The summed E-state index contributed by atoms with van der Waals surface area (Å²) in [7, 11) is 0. The lowest BCUT2D eigenvalue weighted by Gasteiger charge is -2.39. The zero-order valence-electron chi connectivity index (χ0n) is 18.4. The molecular weight excluding hydrogens is 455 g/mol. The third-order valence-electron chi connectivity index (χ3n) is 4.54. The molecule has 2 aromatic heterocycles. The Morgan fingerprint density at radius 1 is 1.00 bits per heavy atom. The first-order chi connectivity index (χ1) is 15.6. The highest BCUT2D eigenvalue weighted by atomic mass is 32.2. The predicted octanol–water partition coefficient (Wildman–Crippen LogP) is 2.84. The summed E-state index contributed by atoms with van der Waals surface area (Å²) in [4.78, 5) is 43.1. The lowest BCUT2D eigenvalue weighted by atomic mass is 10.1. The molecule has 1 aliphatic heterocycles. The predicted molar refractivity (Wildman–Crippen MR) is 116 cm³/mol. The van der Waals surface area contributed by atoms with E-state index in [0.717, 1.165) is 5.69 Å². The number of pyridine rings is 2. The minimum absolute atomic E-state index is 0.0872. The van der Waals surface area contributed by atoms with Crippen LogP contribution in [0.3, 0.4) is 0 Å². The van der Waals surface area contributed by atoms with Crippen molar-refractivity contribution in [2.45, 2.75) is 51.4 Å². The number of rotatable bonds is 6. The molecule has 1 aliphatic rings. The number of halogens is 1. The van der Waals surface area contributed by atoms with Gasteiger partial charge >= 0.3 is 17.9 Å². The maximum absolute atomic E-state index is 14.8. The van der Waals surface area contributed by atoms with Crippen LogP contribution < -0.4 is 4.74 Å². The van der Waals surface area contributed by atoms with Crippen LogP contribution in [0.2, 0.25) is 0 Å². The van der Waals surface area contributed by atoms with Crippen molar-refractivity contribution in [3.05, 3.63) is 42.1 Å². The van der Waals surface area contributed by atoms with Crippen LogP contribution in [0.15, 0.2) is 30.6 Å². The molecule has 0 radical (unpaired) electrons. The molecule has 1 fully saturated rings. The van der Waals surface area contributed by atoms with E-state index in [-0.39, 0.29) is 17.2 Å². The molecule has 3 heterocycles. The Kier molecular flexibility index (Phi) is 7.85. The monoisotopic (exact) mass is 478 g/mol. The maximum Gasteiger partial charge on any atom is 0.303 e. The first-order valence-corrected chi connectivity index (χ1v) is 11.1. The summed E-state index contributed by atoms with van der Waals surface area (Å²) in [6.45, 7) is 5.39. The van der Waals surface area contributed by atoms with Gasteiger partial charge in [-0.2, -0.15) is 0 Å². The maximum atomic E-state index is 14.8. The number of carbonyl (C=O) groups is 3. The Hall–Kier alpha value is -3.21. The summed E-state index contributed by atoms with van der Waals surface area (Å²) >= 11 is 1.17. The zero-order chi connectivity index (χ0) is 24.1. The van der Waals surface area contributed by atoms with Gasteiger partial charge in [0.15, 0.2) is 29.6 Å². The fourth-order valence-electron chi connectivity index (χ4n) is 3.33. The van der Waals surface area contributed by atoms with Crippen molar-refractivity contribution in [1.29, 1.82) is 0 Å². The summed E-state index contributed by atoms with van der Waals surface area (Å²) < 4.78 is 36.6. The lowest BCUT2D eigenvalue weighted by Crippen LogP contribution is -2.55. The van der Waals surface area contributed by atoms with Crippen LogP contribution >= 0.6 is 11.8 Å². The minimum atomic E-state index is -1.11. The topological polar surface area (TPSA) is 114 Å². The van der Waals surface area contributed by atoms with Crippen LogP contribution in [0.25, 0.3) is 11.3 Å². The van der Waals surface area contributed by atoms with Gasteiger partial charge in [-0.1, -0.05) is 0 Å². The van der Waals surface area contributed by atoms with Crippen molar-refractivity contribution in [3.8, 4) is 17.0 Å². The molecule has 9 nitrogen and oxygen atoms in total. The molecule has 0 bridgehead atoms. The van der Waals surface area contributed by atoms with E-state index in [2.05, 4.69) is 9.97 Å². The first-order valence-electron chi connectivity index (χ1n) is 10.0. The minimum Gasteiger partial charge on any atom is -0.474 e. The Labute approximate surface area is 194 Å². The van der Waals surface area contributed by atoms with E-state index < -0.39 is 47.5 Å². The van der Waals surface area contributed by atoms with E-state index in [9.17, 15) is 18.8 Å². The second-order valence-electron chi connectivity index (χ2n) is 7.30. The van der Waals surface area contributed by atoms with Gasteiger partial charge in [0.1, 0.15) is 11.4 Å². The van der Waals surface area contributed by atoms with Gasteiger partial charge in [-0.05, 0) is 19.1 Å². The highest BCUT2D eigenvalue weighted by Gasteiger charge is 2.47. The first kappa shape index (κ1) is 24.4. The second-order valence-corrected chi connectivity index (χ2v) is 8.43. The van der Waals surface area contributed by atoms with Crippen LogP contribution in [0.5, 0.6) is 5.75 Å². The smallest absolute Gasteiger partial charge is 0.303 e. The standard InChI is InChI=1S/C22H23FN2O7S/c1-11-7-15(5-6-24-11)19-17(23)8-16(9-25-19)32-22-21(31-14(4)28)20(30-13(3)27)18(10-33-22)29-12(2)26/h5-9,18,20-22H,10H2,1-4H3/t18-,20+,21-,22+/m1/s1. The number of aryl methyl sites for hydroxylation is 1. The molecule has 0 aromatic carbocycles. The fourth-order valence-corrected chi connectivity index (χ4v) is 4.55. The molecule has 1 saturated heterocycles. The van der Waals surface area contributed by atoms with E-state index in [1.54, 1.807) is 25.3 Å². The molecule has 11 heteroatoms. The van der Waals surface area contributed by atoms with Gasteiger partial charge in [0.25, 0.3) is 0 Å². The van der Waals surface area contributed by atoms with Crippen molar-refractivity contribution in [2.24, 2.45) is 0 Å². The largest absolute Gasteiger partial charge is 0.474 e. The number of ether oxygens (including phenoxy) is 4. The summed E-state index contributed by atoms with van der Waals surface area (Å²) in [5.41, 5.74) is 0.542. The summed E-state index contributed by atoms with van der Waals surface area (Å²) in [5, 5.41) is 0. The van der Waals surface area contributed by atoms with Crippen LogP contribution in [0, 0.1) is 12.7 Å². The van der Waals surface area contributed by atoms with Crippen LogP contribution in [-0.2, 0) is 28.6 Å². The van der Waals surface area contributed by atoms with E-state index in [0.29, 0.717) is 5.56 Å². The van der Waals surface area contributed by atoms with Gasteiger partial charge in [-0.25, -0.2) is 9.37 Å². The number of hydrogen-bond donors (Lipinski definition) is 0. The highest BCUT2D eigenvalue weighted by Crippen LogP contribution is 2.35. The van der Waals surface area contributed by atoms with Crippen LogP contribution in [0.1, 0.15) is 26.5 Å². The van der Waals surface area contributed by atoms with E-state index in [1.165, 1.54) is 44.8 Å². The molecule has 4 atom stereocenters. The number of hydrogen-bond acceptors (Lipinski definition) is 10. The highest BCUT2D eigenvalue weighted by molar-refractivity contribution is 7.99. The number of thioether (sulfide) groups is 1. The molecule has 0 amide bonds. The van der Waals surface area contributed by atoms with Crippen molar-refractivity contribution in [2.75, 3.05) is 5.75 Å². The van der Waals surface area contributed by atoms with Crippen molar-refractivity contribution in [1.82, 2.24) is 9.97 Å². The molecule has 3 rings (SSSR count). The molecule has 0 saturated carbocycles. The number of nitrogens with zero attached hydrogens (tertiary/aromatic N) is 2. The third kappa shape index (κ3) is 6.41. The Bertz CT molecular complexity index is 1050. The van der Waals surface area contributed by atoms with Crippen molar-refractivity contribution < 1.29 is 37.7 Å². The quantitative estimate of drug-likeness (QED) is 0.453. The Morgan fingerprint density at radius 3 is 2.27 bits per heavy atom. The summed E-state index contributed by atoms with van der Waals surface area (Å²) in [5.74, 6) is -2.20. The third-order valence-corrected chi connectivity index (χ3v) is 5.76. The van der Waals surface area contributed by atoms with Crippen LogP contribution in [-0.4, -0.2) is 57.4 Å². The van der Waals surface area contributed by atoms with Gasteiger partial charge < -0.3 is 18.9 Å². The molecule has 0 N–H and O–H groups in total. The number of carbonyl (C=O) groups excluding carboxylic acids is 3. The lowest BCUT2D eigenvalue weighted by molar-refractivity contribution is -0.186. The van der Waals surface area contributed by atoms with Gasteiger partial charge in [-0.15, -0.1) is 11.8 Å². The average Bonchev–Trinajstić information content (AvgIpc) is 2.71. The van der Waals surface area contributed by atoms with E-state index in [1.807, 2.05) is 0 Å². The molecule has 2 aromatic rings. The number of aromatic nitrogens is 2. The van der Waals surface area contributed by atoms with Crippen LogP contribution in [0.4, 0.5) is 4.39 Å². The second kappa shape index (κ2) is 10.6. The summed E-state index contributed by atoms with van der Waals surface area (Å²) in [6, 6.07) is 4.52. The normalized spacial score (nSPS) is 22.2. The van der Waals surface area contributed by atoms with Gasteiger partial charge in [0, 0.05) is 50.0 Å². The molecule has 0 aliphatic carbocycles. The average molecular weight is 478 g/mol. The summed E-state index contributed by atoms with van der Waals surface area (Å²) in [6.07, 6.45) is -0.155. The Morgan fingerprint density at radius 2 is 1.67 bits per heavy atom. The molecular formula is C22H23FN2O7S. The molecule has 0 unspecified atom stereocenters. The Balaban J connectivity index is 1.86. The molecule has 0 spiro atoms. The molecule has 33 heavy (non-hydrogen) atoms. The SMILES string of the molecule is CC(=O)O[C@@H]1[C@@H](OC(C)=O)[C@@H](Oc2cnc(-c3ccnc(C)c3)c(F)c2)SC[C@H]1OC(C)=O. The zero-order valence-corrected chi connectivity index (χ0v) is 19.3. The van der Waals surface area contributed by atoms with Crippen molar-refractivity contribution in [3.63, 3.8) is 0 Å². The fraction of sp³-hybridized carbons (Fsp3) is 0.409. The number of esters is 3. The van der Waals surface area contributed by atoms with Gasteiger partial charge in [0.2, 0.25) is 0 Å².